The highest BCUT2D eigenvalue weighted by Gasteiger charge is 2.31. The molecule has 0 aliphatic carbocycles. The maximum Gasteiger partial charge on any atom is 0.416 e. The molecule has 0 radical (unpaired) electrons. The van der Waals surface area contributed by atoms with Crippen LogP contribution in [-0.2, 0) is 17.1 Å². The zero-order valence-electron chi connectivity index (χ0n) is 12.8. The van der Waals surface area contributed by atoms with Gasteiger partial charge in [0.2, 0.25) is 0 Å². The van der Waals surface area contributed by atoms with Crippen molar-refractivity contribution in [1.82, 2.24) is 0 Å². The normalized spacial score (nSPS) is 12.9. The van der Waals surface area contributed by atoms with Gasteiger partial charge >= 0.3 is 18.3 Å². The van der Waals surface area contributed by atoms with Gasteiger partial charge in [0.05, 0.1) is 16.7 Å². The number of carbonyl (C=O) groups is 1. The van der Waals surface area contributed by atoms with Crippen molar-refractivity contribution >= 4 is 23.3 Å². The summed E-state index contributed by atoms with van der Waals surface area (Å²) in [6.45, 7) is 0. The summed E-state index contributed by atoms with van der Waals surface area (Å²) in [5.74, 6) is -1.49. The quantitative estimate of drug-likeness (QED) is 0.346. The number of carboxylic acid groups (broad SMARTS) is 1. The second kappa shape index (κ2) is 6.74. The fraction of sp³-hybridized carbons (Fsp3) is 0.118. The van der Waals surface area contributed by atoms with Gasteiger partial charge in [0, 0.05) is 11.3 Å². The van der Waals surface area contributed by atoms with Crippen LogP contribution in [0.4, 0.5) is 32.0 Å². The first kappa shape index (κ1) is 19.4. The highest BCUT2D eigenvalue weighted by Crippen LogP contribution is 2.34. The summed E-state index contributed by atoms with van der Waals surface area (Å²) in [6.07, 6.45) is -8.16. The molecule has 0 atom stereocenters. The van der Waals surface area contributed by atoms with Crippen molar-refractivity contribution in [3.05, 3.63) is 64.7 Å². The number of alkyl halides is 6. The van der Waals surface area contributed by atoms with Gasteiger partial charge in [-0.25, -0.2) is 4.79 Å². The van der Waals surface area contributed by atoms with Crippen LogP contribution in [0.15, 0.2) is 42.5 Å². The maximum atomic E-state index is 12.7. The molecule has 0 saturated carbocycles. The van der Waals surface area contributed by atoms with Gasteiger partial charge in [0.25, 0.3) is 0 Å². The summed E-state index contributed by atoms with van der Waals surface area (Å²) < 4.78 is 75.6. The van der Waals surface area contributed by atoms with E-state index in [-0.39, 0.29) is 11.1 Å². The Balaban J connectivity index is 2.47. The third-order valence-corrected chi connectivity index (χ3v) is 3.45. The van der Waals surface area contributed by atoms with Crippen LogP contribution in [0.1, 0.15) is 22.3 Å². The lowest BCUT2D eigenvalue weighted by Crippen LogP contribution is -2.08. The standard InChI is InChI=1S/C17H11F6NO2/c18-16(19,20)10-3-1-9(2-4-10)7-13(15(25)26)12-6-5-11(8-14(12)24)17(21,22)23/h1-8H,24H2,(H,25,26). The van der Waals surface area contributed by atoms with E-state index in [0.717, 1.165) is 36.4 Å². The molecular formula is C17H11F6NO2. The van der Waals surface area contributed by atoms with Crippen LogP contribution >= 0.6 is 0 Å². The van der Waals surface area contributed by atoms with Gasteiger partial charge in [-0.05, 0) is 35.9 Å². The number of rotatable bonds is 3. The second-order valence-electron chi connectivity index (χ2n) is 5.28. The van der Waals surface area contributed by atoms with Crippen LogP contribution in [0.2, 0.25) is 0 Å². The van der Waals surface area contributed by atoms with Gasteiger partial charge in [0.15, 0.2) is 0 Å². The minimum Gasteiger partial charge on any atom is -0.478 e. The molecule has 9 heteroatoms. The van der Waals surface area contributed by atoms with Crippen LogP contribution in [-0.4, -0.2) is 11.1 Å². The molecule has 0 saturated heterocycles. The van der Waals surface area contributed by atoms with Crippen LogP contribution in [0.3, 0.4) is 0 Å². The van der Waals surface area contributed by atoms with Gasteiger partial charge in [-0.1, -0.05) is 18.2 Å². The molecule has 0 amide bonds. The maximum absolute atomic E-state index is 12.7. The number of hydrogen-bond acceptors (Lipinski definition) is 2. The zero-order valence-corrected chi connectivity index (χ0v) is 12.8. The largest absolute Gasteiger partial charge is 0.478 e. The number of carboxylic acids is 1. The lowest BCUT2D eigenvalue weighted by molar-refractivity contribution is -0.138. The summed E-state index contributed by atoms with van der Waals surface area (Å²) in [7, 11) is 0. The highest BCUT2D eigenvalue weighted by molar-refractivity contribution is 6.22. The van der Waals surface area contributed by atoms with Crippen molar-refractivity contribution in [2.45, 2.75) is 12.4 Å². The Kier molecular flexibility index (Phi) is 5.02. The number of anilines is 1. The topological polar surface area (TPSA) is 63.3 Å². The minimum absolute atomic E-state index is 0.120. The van der Waals surface area contributed by atoms with Gasteiger partial charge in [-0.3, -0.25) is 0 Å². The third kappa shape index (κ3) is 4.35. The van der Waals surface area contributed by atoms with Gasteiger partial charge in [0.1, 0.15) is 0 Å². The minimum atomic E-state index is -4.65. The molecule has 3 nitrogen and oxygen atoms in total. The SMILES string of the molecule is Nc1cc(C(F)(F)F)ccc1C(=Cc1ccc(C(F)(F)F)cc1)C(=O)O. The van der Waals surface area contributed by atoms with Crippen molar-refractivity contribution in [3.63, 3.8) is 0 Å². The Labute approximate surface area is 143 Å². The summed E-state index contributed by atoms with van der Waals surface area (Å²) in [6, 6.07) is 5.80. The molecule has 0 fully saturated rings. The Bertz CT molecular complexity index is 851. The second-order valence-corrected chi connectivity index (χ2v) is 5.28. The number of benzene rings is 2. The fourth-order valence-corrected chi connectivity index (χ4v) is 2.17. The molecule has 2 aromatic carbocycles. The number of aliphatic carboxylic acids is 1. The van der Waals surface area contributed by atoms with Gasteiger partial charge in [-0.2, -0.15) is 26.3 Å². The molecule has 0 spiro atoms. The van der Waals surface area contributed by atoms with Crippen molar-refractivity contribution < 1.29 is 36.2 Å². The Hall–Kier alpha value is -2.97. The molecule has 2 aromatic rings. The van der Waals surface area contributed by atoms with E-state index in [9.17, 15) is 36.2 Å². The van der Waals surface area contributed by atoms with E-state index < -0.39 is 40.7 Å². The van der Waals surface area contributed by atoms with E-state index in [1.54, 1.807) is 0 Å². The first-order valence-electron chi connectivity index (χ1n) is 6.99. The summed E-state index contributed by atoms with van der Waals surface area (Å²) >= 11 is 0. The average Bonchev–Trinajstić information content (AvgIpc) is 2.51. The van der Waals surface area contributed by atoms with E-state index in [2.05, 4.69) is 0 Å². The van der Waals surface area contributed by atoms with E-state index in [4.69, 9.17) is 5.73 Å². The van der Waals surface area contributed by atoms with Crippen molar-refractivity contribution in [1.29, 1.82) is 0 Å². The lowest BCUT2D eigenvalue weighted by atomic mass is 9.99. The van der Waals surface area contributed by atoms with Crippen LogP contribution in [0, 0.1) is 0 Å². The smallest absolute Gasteiger partial charge is 0.416 e. The third-order valence-electron chi connectivity index (χ3n) is 3.45. The molecule has 0 aliphatic heterocycles. The first-order valence-corrected chi connectivity index (χ1v) is 6.99. The summed E-state index contributed by atoms with van der Waals surface area (Å²) in [5, 5.41) is 9.30. The van der Waals surface area contributed by atoms with Crippen molar-refractivity contribution in [3.8, 4) is 0 Å². The lowest BCUT2D eigenvalue weighted by Gasteiger charge is -2.12. The predicted octanol–water partition coefficient (Wildman–Crippen LogP) is 4.93. The van der Waals surface area contributed by atoms with E-state index in [1.165, 1.54) is 0 Å². The summed E-state index contributed by atoms with van der Waals surface area (Å²) in [5.41, 5.74) is 2.66. The highest BCUT2D eigenvalue weighted by atomic mass is 19.4. The molecule has 0 bridgehead atoms. The van der Waals surface area contributed by atoms with E-state index in [0.29, 0.717) is 12.1 Å². The van der Waals surface area contributed by atoms with Gasteiger partial charge < -0.3 is 10.8 Å². The molecule has 2 rings (SSSR count). The molecule has 0 aromatic heterocycles. The zero-order chi connectivity index (χ0) is 19.7. The molecule has 138 valence electrons. The summed E-state index contributed by atoms with van der Waals surface area (Å²) in [4.78, 5) is 11.4. The fourth-order valence-electron chi connectivity index (χ4n) is 2.17. The number of halogens is 6. The van der Waals surface area contributed by atoms with Crippen molar-refractivity contribution in [2.75, 3.05) is 5.73 Å². The van der Waals surface area contributed by atoms with Crippen molar-refractivity contribution in [2.24, 2.45) is 0 Å². The number of hydrogen-bond donors (Lipinski definition) is 2. The predicted molar refractivity (Wildman–Crippen MR) is 82.8 cm³/mol. The average molecular weight is 375 g/mol. The number of nitrogen functional groups attached to an aromatic ring is 1. The first-order chi connectivity index (χ1) is 11.9. The molecular weight excluding hydrogens is 364 g/mol. The Morgan fingerprint density at radius 3 is 1.81 bits per heavy atom. The molecule has 0 aliphatic rings. The molecule has 0 heterocycles. The molecule has 0 unspecified atom stereocenters. The van der Waals surface area contributed by atoms with E-state index >= 15 is 0 Å². The van der Waals surface area contributed by atoms with Gasteiger partial charge in [-0.15, -0.1) is 0 Å². The van der Waals surface area contributed by atoms with Crippen LogP contribution in [0.25, 0.3) is 11.6 Å². The molecule has 3 N–H and O–H groups in total. The Morgan fingerprint density at radius 1 is 0.885 bits per heavy atom. The van der Waals surface area contributed by atoms with E-state index in [1.807, 2.05) is 0 Å². The monoisotopic (exact) mass is 375 g/mol. The molecule has 26 heavy (non-hydrogen) atoms. The Morgan fingerprint density at radius 2 is 1.38 bits per heavy atom. The van der Waals surface area contributed by atoms with Crippen LogP contribution < -0.4 is 5.73 Å². The number of nitrogens with two attached hydrogens (primary N) is 1. The van der Waals surface area contributed by atoms with Crippen LogP contribution in [0.5, 0.6) is 0 Å².